The Bertz CT molecular complexity index is 2430. The number of pyridine rings is 2. The average Bonchev–Trinajstić information content (AvgIpc) is 3.77. The molecule has 0 saturated heterocycles. The molecule has 0 amide bonds. The number of sulfonamides is 2. The number of fused-ring (bicyclic) bond motifs is 2. The topological polar surface area (TPSA) is 175 Å². The van der Waals surface area contributed by atoms with Crippen molar-refractivity contribution in [1.29, 1.82) is 0 Å². The van der Waals surface area contributed by atoms with Crippen molar-refractivity contribution < 1.29 is 16.8 Å². The smallest absolute Gasteiger partial charge is 0.263 e. The van der Waals surface area contributed by atoms with Gasteiger partial charge in [-0.2, -0.15) is 10.2 Å². The van der Waals surface area contributed by atoms with Gasteiger partial charge in [0.15, 0.2) is 0 Å². The fraction of sp³-hybridized carbons (Fsp3) is 0. The molecule has 0 atom stereocenters. The molecule has 4 heterocycles. The fourth-order valence-electron chi connectivity index (χ4n) is 5.23. The molecule has 0 aliphatic heterocycles. The van der Waals surface area contributed by atoms with Crippen LogP contribution in [0.15, 0.2) is 156 Å². The first-order valence-corrected chi connectivity index (χ1v) is 18.2. The van der Waals surface area contributed by atoms with E-state index >= 15 is 0 Å². The molecule has 0 spiro atoms. The Morgan fingerprint density at radius 1 is 0.480 bits per heavy atom. The third-order valence-corrected chi connectivity index (χ3v) is 10.3. The zero-order valence-corrected chi connectivity index (χ0v) is 27.7. The third-order valence-electron chi connectivity index (χ3n) is 7.61. The highest BCUT2D eigenvalue weighted by molar-refractivity contribution is 7.93. The van der Waals surface area contributed by atoms with Crippen molar-refractivity contribution in [3.05, 3.63) is 146 Å². The van der Waals surface area contributed by atoms with Crippen molar-refractivity contribution in [2.24, 2.45) is 0 Å². The van der Waals surface area contributed by atoms with Gasteiger partial charge in [0.1, 0.15) is 9.79 Å². The van der Waals surface area contributed by atoms with Crippen LogP contribution in [0.5, 0.6) is 0 Å². The van der Waals surface area contributed by atoms with Gasteiger partial charge in [0.05, 0.1) is 22.4 Å². The summed E-state index contributed by atoms with van der Waals surface area (Å²) >= 11 is 0. The Morgan fingerprint density at radius 3 is 1.28 bits per heavy atom. The number of aromatic amines is 2. The lowest BCUT2D eigenvalue weighted by atomic mass is 10.1. The summed E-state index contributed by atoms with van der Waals surface area (Å²) in [5, 5.41) is 16.3. The van der Waals surface area contributed by atoms with Gasteiger partial charge in [-0.3, -0.25) is 29.6 Å². The van der Waals surface area contributed by atoms with E-state index in [1.54, 1.807) is 48.5 Å². The molecule has 4 aromatic carbocycles. The largest absolute Gasteiger partial charge is 0.280 e. The van der Waals surface area contributed by atoms with E-state index in [0.29, 0.717) is 11.4 Å². The number of H-pyrrole nitrogens is 2. The molecule has 12 nitrogen and oxygen atoms in total. The first-order chi connectivity index (χ1) is 24.3. The van der Waals surface area contributed by atoms with Gasteiger partial charge < -0.3 is 0 Å². The van der Waals surface area contributed by atoms with Crippen molar-refractivity contribution in [3.63, 3.8) is 0 Å². The summed E-state index contributed by atoms with van der Waals surface area (Å²) in [5.74, 6) is 0. The Morgan fingerprint density at radius 2 is 0.900 bits per heavy atom. The van der Waals surface area contributed by atoms with Gasteiger partial charge in [-0.1, -0.05) is 60.7 Å². The molecule has 0 radical (unpaired) electrons. The maximum absolute atomic E-state index is 12.5. The minimum absolute atomic E-state index is 0.116. The minimum Gasteiger partial charge on any atom is -0.280 e. The summed E-state index contributed by atoms with van der Waals surface area (Å²) in [6, 6.07) is 36.2. The van der Waals surface area contributed by atoms with Crippen molar-refractivity contribution in [3.8, 4) is 22.5 Å². The highest BCUT2D eigenvalue weighted by atomic mass is 32.2. The predicted octanol–water partition coefficient (Wildman–Crippen LogP) is 6.85. The van der Waals surface area contributed by atoms with Gasteiger partial charge >= 0.3 is 0 Å². The summed E-state index contributed by atoms with van der Waals surface area (Å²) in [7, 11) is -7.37. The number of nitrogens with zero attached hydrogens (tertiary/aromatic N) is 4. The molecule has 248 valence electrons. The maximum atomic E-state index is 12.5. The molecular weight excluding hydrogens is 673 g/mol. The average molecular weight is 701 g/mol. The van der Waals surface area contributed by atoms with Gasteiger partial charge in [0, 0.05) is 58.1 Å². The highest BCUT2D eigenvalue weighted by Crippen LogP contribution is 2.30. The van der Waals surface area contributed by atoms with E-state index in [-0.39, 0.29) is 9.79 Å². The normalized spacial score (nSPS) is 11.5. The number of nitrogens with one attached hydrogen (secondary N) is 4. The lowest BCUT2D eigenvalue weighted by Gasteiger charge is -2.08. The SMILES string of the molecule is O=S(=O)(Nc1ccc2[nH]nc(-c3ccccc3)c2c1)c1cccnc1.O=S(=O)(Nc1ccc2[nH]nc(-c3ccccc3)c2c1)c1cccnc1. The van der Waals surface area contributed by atoms with E-state index in [9.17, 15) is 16.8 Å². The van der Waals surface area contributed by atoms with Crippen LogP contribution in [0.1, 0.15) is 0 Å². The van der Waals surface area contributed by atoms with Crippen molar-refractivity contribution in [2.75, 3.05) is 9.44 Å². The zero-order valence-electron chi connectivity index (χ0n) is 26.1. The van der Waals surface area contributed by atoms with Gasteiger partial charge in [-0.15, -0.1) is 0 Å². The molecule has 14 heteroatoms. The monoisotopic (exact) mass is 700 g/mol. The molecule has 0 unspecified atom stereocenters. The lowest BCUT2D eigenvalue weighted by Crippen LogP contribution is -2.12. The number of hydrogen-bond donors (Lipinski definition) is 4. The number of hydrogen-bond acceptors (Lipinski definition) is 8. The molecule has 0 saturated carbocycles. The molecule has 8 aromatic rings. The third kappa shape index (κ3) is 6.92. The molecule has 0 fully saturated rings. The molecule has 8 rings (SSSR count). The second kappa shape index (κ2) is 13.6. The number of rotatable bonds is 8. The number of anilines is 2. The van der Waals surface area contributed by atoms with Crippen molar-refractivity contribution >= 4 is 53.2 Å². The second-order valence-corrected chi connectivity index (χ2v) is 14.4. The van der Waals surface area contributed by atoms with Crippen LogP contribution in [0.25, 0.3) is 44.3 Å². The van der Waals surface area contributed by atoms with Crippen LogP contribution in [0.3, 0.4) is 0 Å². The summed E-state index contributed by atoms with van der Waals surface area (Å²) in [6.45, 7) is 0. The minimum atomic E-state index is -3.69. The Labute approximate surface area is 287 Å². The van der Waals surface area contributed by atoms with Crippen LogP contribution in [0.4, 0.5) is 11.4 Å². The number of aromatic nitrogens is 6. The second-order valence-electron chi connectivity index (χ2n) is 11.0. The highest BCUT2D eigenvalue weighted by Gasteiger charge is 2.17. The maximum Gasteiger partial charge on any atom is 0.263 e. The van der Waals surface area contributed by atoms with Crippen LogP contribution < -0.4 is 9.44 Å². The first kappa shape index (κ1) is 32.2. The van der Waals surface area contributed by atoms with Crippen molar-refractivity contribution in [2.45, 2.75) is 9.79 Å². The Balaban J connectivity index is 0.000000157. The molecular formula is C36H28N8O4S2. The fourth-order valence-corrected chi connectivity index (χ4v) is 7.25. The van der Waals surface area contributed by atoms with Gasteiger partial charge in [-0.05, 0) is 60.7 Å². The van der Waals surface area contributed by atoms with Crippen molar-refractivity contribution in [1.82, 2.24) is 30.4 Å². The van der Waals surface area contributed by atoms with Gasteiger partial charge in [0.2, 0.25) is 0 Å². The van der Waals surface area contributed by atoms with Crippen LogP contribution in [-0.2, 0) is 20.0 Å². The van der Waals surface area contributed by atoms with Crippen LogP contribution in [-0.4, -0.2) is 47.2 Å². The predicted molar refractivity (Wildman–Crippen MR) is 193 cm³/mol. The van der Waals surface area contributed by atoms with Gasteiger partial charge in [0.25, 0.3) is 20.0 Å². The lowest BCUT2D eigenvalue weighted by molar-refractivity contribution is 0.599. The standard InChI is InChI=1S/2C18H14N4O2S/c2*23-25(24,15-7-4-10-19-12-15)22-14-8-9-17-16(11-14)18(21-20-17)13-5-2-1-3-6-13/h2*1-12,22H,(H,20,21). The molecule has 50 heavy (non-hydrogen) atoms. The molecule has 0 bridgehead atoms. The van der Waals surface area contributed by atoms with Crippen LogP contribution >= 0.6 is 0 Å². The van der Waals surface area contributed by atoms with Gasteiger partial charge in [-0.25, -0.2) is 16.8 Å². The van der Waals surface area contributed by atoms with E-state index in [0.717, 1.165) is 44.3 Å². The molecule has 0 aliphatic carbocycles. The summed E-state index contributed by atoms with van der Waals surface area (Å²) in [6.07, 6.45) is 5.69. The van der Waals surface area contributed by atoms with E-state index in [1.165, 1.54) is 36.9 Å². The first-order valence-electron chi connectivity index (χ1n) is 15.2. The van der Waals surface area contributed by atoms with E-state index in [4.69, 9.17) is 0 Å². The van der Waals surface area contributed by atoms with Crippen LogP contribution in [0.2, 0.25) is 0 Å². The quantitative estimate of drug-likeness (QED) is 0.133. The van der Waals surface area contributed by atoms with E-state index in [2.05, 4.69) is 39.8 Å². The summed E-state index contributed by atoms with van der Waals surface area (Å²) < 4.78 is 55.0. The Kier molecular flexibility index (Phi) is 8.77. The van der Waals surface area contributed by atoms with Crippen LogP contribution in [0, 0.1) is 0 Å². The van der Waals surface area contributed by atoms with E-state index < -0.39 is 20.0 Å². The van der Waals surface area contributed by atoms with E-state index in [1.807, 2.05) is 60.7 Å². The summed E-state index contributed by atoms with van der Waals surface area (Å²) in [5.41, 5.74) is 6.08. The Hall–Kier alpha value is -6.38. The molecule has 4 N–H and O–H groups in total. The zero-order chi connectivity index (χ0) is 34.6. The summed E-state index contributed by atoms with van der Waals surface area (Å²) in [4.78, 5) is 7.94. The molecule has 0 aliphatic rings. The number of benzene rings is 4. The molecule has 4 aromatic heterocycles.